The van der Waals surface area contributed by atoms with Crippen molar-refractivity contribution in [2.75, 3.05) is 7.11 Å². The molecule has 0 aliphatic carbocycles. The fraction of sp³-hybridized carbons (Fsp3) is 0.556. The maximum absolute atomic E-state index is 10.9. The van der Waals surface area contributed by atoms with Crippen LogP contribution in [-0.4, -0.2) is 19.0 Å². The molecular weight excluding hydrogens is 172 g/mol. The van der Waals surface area contributed by atoms with E-state index in [-0.39, 0.29) is 12.8 Å². The topological polar surface area (TPSA) is 52.6 Å². The number of hydrogen-bond acceptors (Lipinski definition) is 4. The van der Waals surface area contributed by atoms with Crippen molar-refractivity contribution in [3.8, 4) is 0 Å². The van der Waals surface area contributed by atoms with Crippen molar-refractivity contribution < 1.29 is 19.1 Å². The van der Waals surface area contributed by atoms with Crippen molar-refractivity contribution in [1.82, 2.24) is 0 Å². The van der Waals surface area contributed by atoms with Crippen LogP contribution in [-0.2, 0) is 19.1 Å². The van der Waals surface area contributed by atoms with E-state index in [1.165, 1.54) is 13.4 Å². The molecule has 0 fully saturated rings. The third kappa shape index (κ3) is 7.05. The summed E-state index contributed by atoms with van der Waals surface area (Å²) < 4.78 is 9.05. The monoisotopic (exact) mass is 186 g/mol. The van der Waals surface area contributed by atoms with Crippen LogP contribution in [0.5, 0.6) is 0 Å². The molecule has 4 heteroatoms. The van der Waals surface area contributed by atoms with Crippen LogP contribution in [0.2, 0.25) is 0 Å². The van der Waals surface area contributed by atoms with E-state index in [2.05, 4.69) is 9.47 Å². The average Bonchev–Trinajstić information content (AvgIpc) is 2.10. The third-order valence-corrected chi connectivity index (χ3v) is 1.19. The van der Waals surface area contributed by atoms with Gasteiger partial charge in [-0.05, 0) is 19.4 Å². The molecule has 0 unspecified atom stereocenters. The Balaban J connectivity index is 3.64. The van der Waals surface area contributed by atoms with Gasteiger partial charge >= 0.3 is 11.9 Å². The zero-order valence-corrected chi connectivity index (χ0v) is 8.12. The molecule has 0 saturated heterocycles. The summed E-state index contributed by atoms with van der Waals surface area (Å²) in [6.07, 6.45) is 1.47. The number of allylic oxidation sites excluding steroid dienone is 1. The van der Waals surface area contributed by atoms with E-state index in [1.807, 2.05) is 13.8 Å². The highest BCUT2D eigenvalue weighted by Crippen LogP contribution is 1.97. The minimum atomic E-state index is -0.424. The number of ether oxygens (including phenoxy) is 2. The zero-order valence-electron chi connectivity index (χ0n) is 8.12. The van der Waals surface area contributed by atoms with E-state index in [4.69, 9.17) is 0 Å². The minimum Gasteiger partial charge on any atom is -0.469 e. The van der Waals surface area contributed by atoms with Crippen LogP contribution in [0.1, 0.15) is 26.7 Å². The summed E-state index contributed by atoms with van der Waals surface area (Å²) >= 11 is 0. The first-order valence-corrected chi connectivity index (χ1v) is 3.96. The van der Waals surface area contributed by atoms with Crippen molar-refractivity contribution in [1.29, 1.82) is 0 Å². The number of rotatable bonds is 4. The molecular formula is C9H14O4. The Kier molecular flexibility index (Phi) is 5.59. The lowest BCUT2D eigenvalue weighted by molar-refractivity contribution is -0.146. The molecule has 0 aliphatic rings. The van der Waals surface area contributed by atoms with Crippen LogP contribution in [0.3, 0.4) is 0 Å². The van der Waals surface area contributed by atoms with Crippen LogP contribution in [0.15, 0.2) is 11.8 Å². The summed E-state index contributed by atoms with van der Waals surface area (Å²) in [5.41, 5.74) is 0.895. The SMILES string of the molecule is COC(=O)CCC(=O)OC=C(C)C. The molecule has 0 amide bonds. The summed E-state index contributed by atoms with van der Waals surface area (Å²) in [5.74, 6) is -0.833. The van der Waals surface area contributed by atoms with Gasteiger partial charge in [-0.1, -0.05) is 0 Å². The third-order valence-electron chi connectivity index (χ3n) is 1.19. The number of hydrogen-bond donors (Lipinski definition) is 0. The van der Waals surface area contributed by atoms with Gasteiger partial charge in [0.05, 0.1) is 26.2 Å². The van der Waals surface area contributed by atoms with Gasteiger partial charge in [0.2, 0.25) is 0 Å². The molecule has 0 aliphatic heterocycles. The van der Waals surface area contributed by atoms with Crippen molar-refractivity contribution >= 4 is 11.9 Å². The highest BCUT2D eigenvalue weighted by atomic mass is 16.5. The van der Waals surface area contributed by atoms with E-state index in [0.29, 0.717) is 0 Å². The molecule has 0 bridgehead atoms. The first kappa shape index (κ1) is 11.7. The predicted molar refractivity (Wildman–Crippen MR) is 46.8 cm³/mol. The molecule has 74 valence electrons. The second kappa shape index (κ2) is 6.22. The van der Waals surface area contributed by atoms with Gasteiger partial charge < -0.3 is 9.47 Å². The molecule has 0 aromatic heterocycles. The van der Waals surface area contributed by atoms with Gasteiger partial charge in [0, 0.05) is 0 Å². The smallest absolute Gasteiger partial charge is 0.311 e. The van der Waals surface area contributed by atoms with Gasteiger partial charge in [0.25, 0.3) is 0 Å². The highest BCUT2D eigenvalue weighted by molar-refractivity contribution is 5.77. The molecule has 0 N–H and O–H groups in total. The Labute approximate surface area is 77.5 Å². The van der Waals surface area contributed by atoms with Crippen molar-refractivity contribution in [3.05, 3.63) is 11.8 Å². The molecule has 0 aromatic carbocycles. The lowest BCUT2D eigenvalue weighted by atomic mass is 10.3. The van der Waals surface area contributed by atoms with Crippen molar-refractivity contribution in [2.24, 2.45) is 0 Å². The van der Waals surface area contributed by atoms with Crippen LogP contribution in [0.4, 0.5) is 0 Å². The molecule has 0 heterocycles. The summed E-state index contributed by atoms with van der Waals surface area (Å²) in [6.45, 7) is 3.63. The largest absolute Gasteiger partial charge is 0.469 e. The Hall–Kier alpha value is -1.32. The van der Waals surface area contributed by atoms with E-state index >= 15 is 0 Å². The van der Waals surface area contributed by atoms with E-state index in [9.17, 15) is 9.59 Å². The Morgan fingerprint density at radius 1 is 1.15 bits per heavy atom. The lowest BCUT2D eigenvalue weighted by Crippen LogP contribution is -2.06. The molecule has 0 aromatic rings. The number of methoxy groups -OCH3 is 1. The van der Waals surface area contributed by atoms with Crippen LogP contribution in [0, 0.1) is 0 Å². The quantitative estimate of drug-likeness (QED) is 0.492. The first-order valence-electron chi connectivity index (χ1n) is 3.96. The summed E-state index contributed by atoms with van der Waals surface area (Å²) in [7, 11) is 1.28. The van der Waals surface area contributed by atoms with Crippen LogP contribution in [0.25, 0.3) is 0 Å². The second-order valence-electron chi connectivity index (χ2n) is 2.76. The summed E-state index contributed by atoms with van der Waals surface area (Å²) in [6, 6.07) is 0. The van der Waals surface area contributed by atoms with Gasteiger partial charge in [-0.25, -0.2) is 0 Å². The van der Waals surface area contributed by atoms with Gasteiger partial charge in [-0.2, -0.15) is 0 Å². The van der Waals surface area contributed by atoms with E-state index in [1.54, 1.807) is 0 Å². The van der Waals surface area contributed by atoms with Gasteiger partial charge in [0.15, 0.2) is 0 Å². The number of carbonyl (C=O) groups excluding carboxylic acids is 2. The van der Waals surface area contributed by atoms with Gasteiger partial charge in [-0.15, -0.1) is 0 Å². The molecule has 0 rings (SSSR count). The van der Waals surface area contributed by atoms with Gasteiger partial charge in [0.1, 0.15) is 0 Å². The summed E-state index contributed by atoms with van der Waals surface area (Å²) in [4.78, 5) is 21.5. The molecule has 4 nitrogen and oxygen atoms in total. The highest BCUT2D eigenvalue weighted by Gasteiger charge is 2.06. The lowest BCUT2D eigenvalue weighted by Gasteiger charge is -1.99. The standard InChI is InChI=1S/C9H14O4/c1-7(2)6-13-9(11)5-4-8(10)12-3/h6H,4-5H2,1-3H3. The van der Waals surface area contributed by atoms with Crippen LogP contribution < -0.4 is 0 Å². The Morgan fingerprint density at radius 3 is 2.15 bits per heavy atom. The first-order chi connectivity index (χ1) is 6.06. The van der Waals surface area contributed by atoms with E-state index < -0.39 is 11.9 Å². The zero-order chi connectivity index (χ0) is 10.3. The Bertz CT molecular complexity index is 214. The molecule has 0 saturated carbocycles. The predicted octanol–water partition coefficient (Wildman–Crippen LogP) is 1.41. The molecule has 0 spiro atoms. The maximum Gasteiger partial charge on any atom is 0.311 e. The second-order valence-corrected chi connectivity index (χ2v) is 2.76. The number of carbonyl (C=O) groups is 2. The van der Waals surface area contributed by atoms with Gasteiger partial charge in [-0.3, -0.25) is 9.59 Å². The maximum atomic E-state index is 10.9. The normalized spacial score (nSPS) is 8.85. The Morgan fingerprint density at radius 2 is 1.69 bits per heavy atom. The van der Waals surface area contributed by atoms with Crippen molar-refractivity contribution in [3.63, 3.8) is 0 Å². The fourth-order valence-electron chi connectivity index (χ4n) is 0.549. The minimum absolute atomic E-state index is 0.0520. The number of esters is 2. The molecule has 0 radical (unpaired) electrons. The molecule has 13 heavy (non-hydrogen) atoms. The van der Waals surface area contributed by atoms with E-state index in [0.717, 1.165) is 5.57 Å². The fourth-order valence-corrected chi connectivity index (χ4v) is 0.549. The van der Waals surface area contributed by atoms with Crippen molar-refractivity contribution in [2.45, 2.75) is 26.7 Å². The average molecular weight is 186 g/mol. The van der Waals surface area contributed by atoms with Crippen LogP contribution >= 0.6 is 0 Å². The molecule has 0 atom stereocenters. The summed E-state index contributed by atoms with van der Waals surface area (Å²) in [5, 5.41) is 0.